The third-order valence-electron chi connectivity index (χ3n) is 5.96. The van der Waals surface area contributed by atoms with Crippen molar-refractivity contribution in [2.75, 3.05) is 51.7 Å². The highest BCUT2D eigenvalue weighted by Gasteiger charge is 2.25. The molecule has 0 aliphatic carbocycles. The van der Waals surface area contributed by atoms with E-state index in [-0.39, 0.29) is 12.5 Å². The van der Waals surface area contributed by atoms with Crippen molar-refractivity contribution in [3.8, 4) is 5.75 Å². The summed E-state index contributed by atoms with van der Waals surface area (Å²) in [6, 6.07) is 6.48. The number of hydrogen-bond acceptors (Lipinski definition) is 5. The van der Waals surface area contributed by atoms with Gasteiger partial charge in [-0.25, -0.2) is 4.79 Å². The number of amides is 3. The molecule has 7 nitrogen and oxygen atoms in total. The van der Waals surface area contributed by atoms with Crippen LogP contribution in [0.4, 0.5) is 10.5 Å². The summed E-state index contributed by atoms with van der Waals surface area (Å²) in [5.41, 5.74) is 0.616. The quantitative estimate of drug-likeness (QED) is 0.765. The summed E-state index contributed by atoms with van der Waals surface area (Å²) >= 11 is 0. The first-order chi connectivity index (χ1) is 14.0. The van der Waals surface area contributed by atoms with E-state index < -0.39 is 6.03 Å². The zero-order valence-electron chi connectivity index (χ0n) is 17.7. The minimum absolute atomic E-state index is 0.261. The number of rotatable bonds is 6. The fourth-order valence-electron chi connectivity index (χ4n) is 4.26. The predicted molar refractivity (Wildman–Crippen MR) is 114 cm³/mol. The van der Waals surface area contributed by atoms with E-state index in [1.54, 1.807) is 31.4 Å². The van der Waals surface area contributed by atoms with E-state index in [4.69, 9.17) is 4.74 Å². The fraction of sp³-hybridized carbons (Fsp3) is 0.636. The van der Waals surface area contributed by atoms with Crippen LogP contribution in [0.5, 0.6) is 5.75 Å². The lowest BCUT2D eigenvalue weighted by Crippen LogP contribution is -2.47. The van der Waals surface area contributed by atoms with Crippen molar-refractivity contribution in [2.45, 2.75) is 32.6 Å². The molecule has 1 aromatic carbocycles. The van der Waals surface area contributed by atoms with E-state index >= 15 is 0 Å². The highest BCUT2D eigenvalue weighted by atomic mass is 16.5. The normalized spacial score (nSPS) is 21.5. The van der Waals surface area contributed by atoms with Gasteiger partial charge in [-0.1, -0.05) is 6.92 Å². The Hall–Kier alpha value is -2.12. The van der Waals surface area contributed by atoms with Gasteiger partial charge in [0.25, 0.3) is 0 Å². The van der Waals surface area contributed by atoms with Crippen molar-refractivity contribution in [1.82, 2.24) is 15.1 Å². The van der Waals surface area contributed by atoms with Gasteiger partial charge in [-0.15, -0.1) is 0 Å². The second-order valence-electron chi connectivity index (χ2n) is 8.46. The van der Waals surface area contributed by atoms with E-state index in [1.807, 2.05) is 0 Å². The second-order valence-corrected chi connectivity index (χ2v) is 8.46. The van der Waals surface area contributed by atoms with Crippen molar-refractivity contribution >= 4 is 17.6 Å². The van der Waals surface area contributed by atoms with Crippen LogP contribution in [-0.4, -0.2) is 68.1 Å². The van der Waals surface area contributed by atoms with E-state index in [0.29, 0.717) is 17.4 Å². The lowest BCUT2D eigenvalue weighted by molar-refractivity contribution is -0.121. The Kier molecular flexibility index (Phi) is 7.89. The standard InChI is InChI=1S/C22H34N4O3/c1-17-9-12-25(13-10-17)14-18-4-3-11-26(15-18)16-21(27)24-22(28)23-19-5-7-20(29-2)8-6-19/h5-8,17-18H,3-4,9-16H2,1-2H3,(H2,23,24,27,28). The van der Waals surface area contributed by atoms with Crippen molar-refractivity contribution in [3.63, 3.8) is 0 Å². The van der Waals surface area contributed by atoms with Crippen molar-refractivity contribution in [2.24, 2.45) is 11.8 Å². The average Bonchev–Trinajstić information content (AvgIpc) is 2.70. The summed E-state index contributed by atoms with van der Waals surface area (Å²) in [7, 11) is 1.59. The summed E-state index contributed by atoms with van der Waals surface area (Å²) in [6.07, 6.45) is 4.92. The summed E-state index contributed by atoms with van der Waals surface area (Å²) in [5, 5.41) is 5.11. The average molecular weight is 403 g/mol. The minimum Gasteiger partial charge on any atom is -0.497 e. The van der Waals surface area contributed by atoms with Gasteiger partial charge in [0.15, 0.2) is 0 Å². The van der Waals surface area contributed by atoms with Gasteiger partial charge < -0.3 is 15.0 Å². The second kappa shape index (κ2) is 10.6. The molecule has 0 bridgehead atoms. The van der Waals surface area contributed by atoms with Crippen LogP contribution in [0.25, 0.3) is 0 Å². The smallest absolute Gasteiger partial charge is 0.325 e. The maximum atomic E-state index is 12.3. The lowest BCUT2D eigenvalue weighted by atomic mass is 9.94. The third-order valence-corrected chi connectivity index (χ3v) is 5.96. The van der Waals surface area contributed by atoms with Gasteiger partial charge in [0, 0.05) is 18.8 Å². The third kappa shape index (κ3) is 7.01. The number of benzene rings is 1. The van der Waals surface area contributed by atoms with Crippen LogP contribution in [0.15, 0.2) is 24.3 Å². The molecule has 0 aromatic heterocycles. The van der Waals surface area contributed by atoms with Crippen LogP contribution < -0.4 is 15.4 Å². The molecule has 2 fully saturated rings. The molecule has 0 spiro atoms. The molecule has 3 rings (SSSR count). The zero-order valence-corrected chi connectivity index (χ0v) is 17.7. The number of carbonyl (C=O) groups excluding carboxylic acids is 2. The first kappa shape index (κ1) is 21.6. The van der Waals surface area contributed by atoms with E-state index in [2.05, 4.69) is 27.4 Å². The van der Waals surface area contributed by atoms with Crippen molar-refractivity contribution in [3.05, 3.63) is 24.3 Å². The number of ether oxygens (including phenoxy) is 1. The SMILES string of the molecule is COc1ccc(NC(=O)NC(=O)CN2CCCC(CN3CCC(C)CC3)C2)cc1. The summed E-state index contributed by atoms with van der Waals surface area (Å²) in [6.45, 7) is 7.98. The largest absolute Gasteiger partial charge is 0.497 e. The van der Waals surface area contributed by atoms with E-state index in [1.165, 1.54) is 32.4 Å². The topological polar surface area (TPSA) is 73.9 Å². The zero-order chi connectivity index (χ0) is 20.6. The minimum atomic E-state index is -0.504. The highest BCUT2D eigenvalue weighted by molar-refractivity contribution is 6.01. The summed E-state index contributed by atoms with van der Waals surface area (Å²) < 4.78 is 5.09. The summed E-state index contributed by atoms with van der Waals surface area (Å²) in [4.78, 5) is 29.1. The molecule has 2 saturated heterocycles. The molecule has 3 amide bonds. The Bertz CT molecular complexity index is 671. The number of carbonyl (C=O) groups is 2. The Balaban J connectivity index is 1.39. The van der Waals surface area contributed by atoms with Gasteiger partial charge in [-0.2, -0.15) is 0 Å². The van der Waals surface area contributed by atoms with Crippen LogP contribution in [0.2, 0.25) is 0 Å². The molecule has 160 valence electrons. The number of methoxy groups -OCH3 is 1. The number of imide groups is 1. The molecule has 1 atom stereocenters. The van der Waals surface area contributed by atoms with Crippen molar-refractivity contribution in [1.29, 1.82) is 0 Å². The number of nitrogens with zero attached hydrogens (tertiary/aromatic N) is 2. The Morgan fingerprint density at radius 1 is 1.07 bits per heavy atom. The van der Waals surface area contributed by atoms with Gasteiger partial charge in [-0.3, -0.25) is 15.0 Å². The molecule has 2 heterocycles. The Morgan fingerprint density at radius 3 is 2.48 bits per heavy atom. The van der Waals surface area contributed by atoms with Crippen LogP contribution in [0.3, 0.4) is 0 Å². The van der Waals surface area contributed by atoms with Gasteiger partial charge in [0.1, 0.15) is 5.75 Å². The molecule has 1 unspecified atom stereocenters. The molecule has 1 aromatic rings. The number of anilines is 1. The molecular weight excluding hydrogens is 368 g/mol. The fourth-order valence-corrected chi connectivity index (χ4v) is 4.26. The Morgan fingerprint density at radius 2 is 1.79 bits per heavy atom. The molecule has 2 N–H and O–H groups in total. The van der Waals surface area contributed by atoms with Crippen LogP contribution >= 0.6 is 0 Å². The van der Waals surface area contributed by atoms with Gasteiger partial charge >= 0.3 is 6.03 Å². The molecule has 0 saturated carbocycles. The lowest BCUT2D eigenvalue weighted by Gasteiger charge is -2.37. The number of urea groups is 1. The first-order valence-electron chi connectivity index (χ1n) is 10.7. The maximum absolute atomic E-state index is 12.3. The number of piperidine rings is 2. The number of nitrogens with one attached hydrogen (secondary N) is 2. The van der Waals surface area contributed by atoms with Crippen LogP contribution in [0.1, 0.15) is 32.6 Å². The molecule has 2 aliphatic rings. The van der Waals surface area contributed by atoms with Gasteiger partial charge in [-0.05, 0) is 81.4 Å². The monoisotopic (exact) mass is 402 g/mol. The predicted octanol–water partition coefficient (Wildman–Crippen LogP) is 2.79. The molecular formula is C22H34N4O3. The molecule has 29 heavy (non-hydrogen) atoms. The van der Waals surface area contributed by atoms with Crippen LogP contribution in [0, 0.1) is 11.8 Å². The van der Waals surface area contributed by atoms with Gasteiger partial charge in [0.2, 0.25) is 5.91 Å². The Labute approximate surface area is 173 Å². The van der Waals surface area contributed by atoms with E-state index in [9.17, 15) is 9.59 Å². The maximum Gasteiger partial charge on any atom is 0.325 e. The highest BCUT2D eigenvalue weighted by Crippen LogP contribution is 2.21. The molecule has 0 radical (unpaired) electrons. The number of hydrogen-bond donors (Lipinski definition) is 2. The van der Waals surface area contributed by atoms with Gasteiger partial charge in [0.05, 0.1) is 13.7 Å². The summed E-state index contributed by atoms with van der Waals surface area (Å²) in [5.74, 6) is 1.91. The van der Waals surface area contributed by atoms with Crippen molar-refractivity contribution < 1.29 is 14.3 Å². The molecule has 7 heteroatoms. The van der Waals surface area contributed by atoms with Crippen LogP contribution in [-0.2, 0) is 4.79 Å². The molecule has 2 aliphatic heterocycles. The number of likely N-dealkylation sites (tertiary alicyclic amines) is 2. The first-order valence-corrected chi connectivity index (χ1v) is 10.7. The van der Waals surface area contributed by atoms with E-state index in [0.717, 1.165) is 32.0 Å².